The molecule has 0 N–H and O–H groups in total. The van der Waals surface area contributed by atoms with Crippen molar-refractivity contribution in [2.45, 2.75) is 6.54 Å². The largest absolute Gasteiger partial charge is 0.304 e. The third-order valence-electron chi connectivity index (χ3n) is 2.08. The van der Waals surface area contributed by atoms with Crippen molar-refractivity contribution in [3.05, 3.63) is 34.2 Å². The van der Waals surface area contributed by atoms with Crippen molar-refractivity contribution < 1.29 is 0 Å². The van der Waals surface area contributed by atoms with E-state index in [2.05, 4.69) is 9.88 Å². The number of fused-ring (bicyclic) bond motifs is 1. The first kappa shape index (κ1) is 10.7. The van der Waals surface area contributed by atoms with E-state index in [0.717, 1.165) is 17.9 Å². The summed E-state index contributed by atoms with van der Waals surface area (Å²) in [7, 11) is 4.01. The lowest BCUT2D eigenvalue weighted by Gasteiger charge is -2.09. The fraction of sp³-hybridized carbons (Fsp3) is 0.300. The van der Waals surface area contributed by atoms with Gasteiger partial charge < -0.3 is 9.30 Å². The summed E-state index contributed by atoms with van der Waals surface area (Å²) in [6, 6.07) is 1.70. The van der Waals surface area contributed by atoms with Crippen LogP contribution in [0.3, 0.4) is 0 Å². The fourth-order valence-electron chi connectivity index (χ4n) is 1.50. The van der Waals surface area contributed by atoms with Gasteiger partial charge in [0.15, 0.2) is 5.65 Å². The topological polar surface area (TPSA) is 20.5 Å². The number of hydrogen-bond donors (Lipinski definition) is 0. The van der Waals surface area contributed by atoms with Crippen LogP contribution in [0, 0.1) is 0 Å². The molecule has 80 valence electrons. The third kappa shape index (κ3) is 2.09. The summed E-state index contributed by atoms with van der Waals surface area (Å²) >= 11 is 12.0. The Morgan fingerprint density at radius 3 is 2.80 bits per heavy atom. The van der Waals surface area contributed by atoms with Crippen LogP contribution in [0.4, 0.5) is 0 Å². The van der Waals surface area contributed by atoms with Gasteiger partial charge in [-0.3, -0.25) is 0 Å². The Bertz CT molecular complexity index is 491. The number of imidazole rings is 1. The molecule has 2 aromatic rings. The van der Waals surface area contributed by atoms with Gasteiger partial charge in [-0.25, -0.2) is 4.98 Å². The summed E-state index contributed by atoms with van der Waals surface area (Å²) < 4.78 is 1.92. The van der Waals surface area contributed by atoms with Crippen LogP contribution in [0.25, 0.3) is 5.65 Å². The average molecular weight is 244 g/mol. The molecule has 2 heterocycles. The first-order valence-corrected chi connectivity index (χ1v) is 5.29. The van der Waals surface area contributed by atoms with Gasteiger partial charge in [-0.05, 0) is 20.2 Å². The second-order valence-electron chi connectivity index (χ2n) is 3.69. The lowest BCUT2D eigenvalue weighted by molar-refractivity contribution is 0.395. The zero-order chi connectivity index (χ0) is 11.0. The second-order valence-corrected chi connectivity index (χ2v) is 4.53. The Kier molecular flexibility index (Phi) is 2.87. The van der Waals surface area contributed by atoms with Crippen molar-refractivity contribution in [1.29, 1.82) is 0 Å². The van der Waals surface area contributed by atoms with Crippen molar-refractivity contribution in [1.82, 2.24) is 14.3 Å². The standard InChI is InChI=1S/C10H11Cl2N3/c1-14(2)6-8-4-13-10-9(12)3-7(11)5-15(8)10/h3-5H,6H2,1-2H3. The van der Waals surface area contributed by atoms with E-state index < -0.39 is 0 Å². The lowest BCUT2D eigenvalue weighted by atomic mass is 10.4. The molecule has 0 saturated heterocycles. The Hall–Kier alpha value is -0.770. The highest BCUT2D eigenvalue weighted by molar-refractivity contribution is 6.36. The van der Waals surface area contributed by atoms with Crippen molar-refractivity contribution in [2.75, 3.05) is 14.1 Å². The van der Waals surface area contributed by atoms with Gasteiger partial charge in [-0.1, -0.05) is 23.2 Å². The van der Waals surface area contributed by atoms with Gasteiger partial charge in [-0.15, -0.1) is 0 Å². The molecule has 0 atom stereocenters. The van der Waals surface area contributed by atoms with Crippen LogP contribution in [-0.4, -0.2) is 28.4 Å². The van der Waals surface area contributed by atoms with E-state index in [9.17, 15) is 0 Å². The number of nitrogens with zero attached hydrogens (tertiary/aromatic N) is 3. The molecule has 0 unspecified atom stereocenters. The number of aromatic nitrogens is 2. The zero-order valence-electron chi connectivity index (χ0n) is 8.54. The van der Waals surface area contributed by atoms with E-state index in [1.807, 2.05) is 30.9 Å². The maximum absolute atomic E-state index is 6.03. The summed E-state index contributed by atoms with van der Waals surface area (Å²) in [5, 5.41) is 1.19. The summed E-state index contributed by atoms with van der Waals surface area (Å²) in [5.41, 5.74) is 1.82. The van der Waals surface area contributed by atoms with Crippen molar-refractivity contribution in [2.24, 2.45) is 0 Å². The summed E-state index contributed by atoms with van der Waals surface area (Å²) in [6.07, 6.45) is 3.64. The molecule has 0 saturated carbocycles. The van der Waals surface area contributed by atoms with Gasteiger partial charge in [-0.2, -0.15) is 0 Å². The molecule has 2 rings (SSSR count). The van der Waals surface area contributed by atoms with Crippen LogP contribution in [0.5, 0.6) is 0 Å². The minimum Gasteiger partial charge on any atom is -0.304 e. The van der Waals surface area contributed by atoms with Crippen LogP contribution in [0.2, 0.25) is 10.0 Å². The minimum absolute atomic E-state index is 0.576. The Morgan fingerprint density at radius 1 is 1.40 bits per heavy atom. The molecule has 0 aliphatic carbocycles. The van der Waals surface area contributed by atoms with E-state index in [-0.39, 0.29) is 0 Å². The third-order valence-corrected chi connectivity index (χ3v) is 2.57. The molecule has 0 aliphatic heterocycles. The quantitative estimate of drug-likeness (QED) is 0.809. The molecule has 0 aromatic carbocycles. The molecule has 5 heteroatoms. The van der Waals surface area contributed by atoms with E-state index in [1.165, 1.54) is 0 Å². The van der Waals surface area contributed by atoms with E-state index in [4.69, 9.17) is 23.2 Å². The first-order chi connectivity index (χ1) is 7.08. The van der Waals surface area contributed by atoms with Crippen LogP contribution < -0.4 is 0 Å². The van der Waals surface area contributed by atoms with Crippen molar-refractivity contribution in [3.63, 3.8) is 0 Å². The summed E-state index contributed by atoms with van der Waals surface area (Å²) in [5.74, 6) is 0. The number of hydrogen-bond acceptors (Lipinski definition) is 2. The van der Waals surface area contributed by atoms with Crippen LogP contribution in [0.15, 0.2) is 18.5 Å². The molecule has 0 spiro atoms. The molecule has 2 aromatic heterocycles. The predicted octanol–water partition coefficient (Wildman–Crippen LogP) is 2.70. The highest BCUT2D eigenvalue weighted by atomic mass is 35.5. The zero-order valence-corrected chi connectivity index (χ0v) is 10.0. The van der Waals surface area contributed by atoms with E-state index in [0.29, 0.717) is 10.0 Å². The Labute approximate surface area is 98.2 Å². The van der Waals surface area contributed by atoms with Gasteiger partial charge in [0.05, 0.1) is 21.9 Å². The van der Waals surface area contributed by atoms with Gasteiger partial charge >= 0.3 is 0 Å². The Balaban J connectivity index is 2.58. The molecular formula is C10H11Cl2N3. The molecule has 0 bridgehead atoms. The van der Waals surface area contributed by atoms with Gasteiger partial charge in [0.2, 0.25) is 0 Å². The number of rotatable bonds is 2. The van der Waals surface area contributed by atoms with Gasteiger partial charge in [0.1, 0.15) is 0 Å². The molecule has 15 heavy (non-hydrogen) atoms. The normalized spacial score (nSPS) is 11.5. The number of pyridine rings is 1. The lowest BCUT2D eigenvalue weighted by Crippen LogP contribution is -2.12. The van der Waals surface area contributed by atoms with Crippen molar-refractivity contribution >= 4 is 28.8 Å². The monoisotopic (exact) mass is 243 g/mol. The smallest absolute Gasteiger partial charge is 0.155 e. The minimum atomic E-state index is 0.576. The van der Waals surface area contributed by atoms with Crippen LogP contribution in [-0.2, 0) is 6.54 Å². The van der Waals surface area contributed by atoms with Gasteiger partial charge in [0.25, 0.3) is 0 Å². The summed E-state index contributed by atoms with van der Waals surface area (Å²) in [6.45, 7) is 0.803. The van der Waals surface area contributed by atoms with Crippen molar-refractivity contribution in [3.8, 4) is 0 Å². The molecule has 0 aliphatic rings. The molecule has 0 fully saturated rings. The molecule has 0 radical (unpaired) electrons. The maximum atomic E-state index is 6.03. The van der Waals surface area contributed by atoms with Crippen LogP contribution >= 0.6 is 23.2 Å². The van der Waals surface area contributed by atoms with Crippen LogP contribution in [0.1, 0.15) is 5.69 Å². The molecule has 3 nitrogen and oxygen atoms in total. The predicted molar refractivity (Wildman–Crippen MR) is 62.6 cm³/mol. The van der Waals surface area contributed by atoms with Gasteiger partial charge in [0, 0.05) is 12.7 Å². The average Bonchev–Trinajstić information content (AvgIpc) is 2.48. The first-order valence-electron chi connectivity index (χ1n) is 4.53. The van der Waals surface area contributed by atoms with E-state index in [1.54, 1.807) is 6.07 Å². The fourth-order valence-corrected chi connectivity index (χ4v) is 2.02. The maximum Gasteiger partial charge on any atom is 0.155 e. The molecular weight excluding hydrogens is 233 g/mol. The molecule has 0 amide bonds. The summed E-state index contributed by atoms with van der Waals surface area (Å²) in [4.78, 5) is 6.33. The highest BCUT2D eigenvalue weighted by Gasteiger charge is 2.08. The SMILES string of the molecule is CN(C)Cc1cnc2c(Cl)cc(Cl)cn12. The Morgan fingerprint density at radius 2 is 2.13 bits per heavy atom. The van der Waals surface area contributed by atoms with E-state index >= 15 is 0 Å². The number of halogens is 2. The highest BCUT2D eigenvalue weighted by Crippen LogP contribution is 2.22. The second kappa shape index (κ2) is 4.00.